The van der Waals surface area contributed by atoms with E-state index < -0.39 is 0 Å². The van der Waals surface area contributed by atoms with Crippen LogP contribution in [-0.2, 0) is 17.6 Å². The monoisotopic (exact) mass is 294 g/mol. The molecular formula is C19H22N2O. The molecule has 22 heavy (non-hydrogen) atoms. The highest BCUT2D eigenvalue weighted by molar-refractivity contribution is 5.98. The van der Waals surface area contributed by atoms with Gasteiger partial charge in [-0.3, -0.25) is 4.79 Å². The second kappa shape index (κ2) is 6.22. The lowest BCUT2D eigenvalue weighted by Gasteiger charge is -2.23. The minimum absolute atomic E-state index is 0.128. The van der Waals surface area contributed by atoms with Crippen LogP contribution in [0.3, 0.4) is 0 Å². The van der Waals surface area contributed by atoms with Gasteiger partial charge in [-0.1, -0.05) is 43.3 Å². The maximum absolute atomic E-state index is 12.7. The van der Waals surface area contributed by atoms with E-state index in [1.807, 2.05) is 41.3 Å². The first-order valence-electron chi connectivity index (χ1n) is 7.92. The van der Waals surface area contributed by atoms with Crippen LogP contribution in [0.4, 0.5) is 11.4 Å². The van der Waals surface area contributed by atoms with Gasteiger partial charge in [0.15, 0.2) is 0 Å². The summed E-state index contributed by atoms with van der Waals surface area (Å²) < 4.78 is 0. The minimum Gasteiger partial charge on any atom is -0.376 e. The van der Waals surface area contributed by atoms with Crippen LogP contribution in [0.1, 0.15) is 25.0 Å². The third kappa shape index (κ3) is 2.71. The summed E-state index contributed by atoms with van der Waals surface area (Å²) in [5, 5.41) is 3.30. The van der Waals surface area contributed by atoms with Gasteiger partial charge in [0, 0.05) is 17.4 Å². The van der Waals surface area contributed by atoms with Crippen molar-refractivity contribution in [2.75, 3.05) is 16.8 Å². The molecule has 0 radical (unpaired) electrons. The van der Waals surface area contributed by atoms with Gasteiger partial charge in [-0.2, -0.15) is 0 Å². The first-order chi connectivity index (χ1) is 10.7. The quantitative estimate of drug-likeness (QED) is 0.933. The van der Waals surface area contributed by atoms with Gasteiger partial charge in [0.1, 0.15) is 0 Å². The van der Waals surface area contributed by atoms with Gasteiger partial charge in [0.2, 0.25) is 5.91 Å². The Morgan fingerprint density at radius 3 is 2.73 bits per heavy atom. The number of hydrogen-bond donors (Lipinski definition) is 1. The fraction of sp³-hybridized carbons (Fsp3) is 0.316. The largest absolute Gasteiger partial charge is 0.376 e. The predicted octanol–water partition coefficient (Wildman–Crippen LogP) is 3.64. The minimum atomic E-state index is 0.128. The van der Waals surface area contributed by atoms with Gasteiger partial charge < -0.3 is 10.2 Å². The Hall–Kier alpha value is -2.29. The number of hydrogen-bond acceptors (Lipinski definition) is 2. The van der Waals surface area contributed by atoms with E-state index in [1.54, 1.807) is 0 Å². The zero-order chi connectivity index (χ0) is 15.5. The normalized spacial score (nSPS) is 16.5. The molecule has 1 amide bonds. The molecule has 2 aromatic carbocycles. The summed E-state index contributed by atoms with van der Waals surface area (Å²) >= 11 is 0. The van der Waals surface area contributed by atoms with Crippen molar-refractivity contribution in [3.8, 4) is 0 Å². The summed E-state index contributed by atoms with van der Waals surface area (Å²) in [6, 6.07) is 16.6. The fourth-order valence-electron chi connectivity index (χ4n) is 3.20. The number of fused-ring (bicyclic) bond motifs is 1. The van der Waals surface area contributed by atoms with Gasteiger partial charge in [-0.25, -0.2) is 0 Å². The van der Waals surface area contributed by atoms with E-state index in [2.05, 4.69) is 31.3 Å². The maximum atomic E-state index is 12.7. The molecule has 0 unspecified atom stereocenters. The summed E-state index contributed by atoms with van der Waals surface area (Å²) in [7, 11) is 0. The predicted molar refractivity (Wildman–Crippen MR) is 91.4 cm³/mol. The molecule has 0 saturated carbocycles. The lowest BCUT2D eigenvalue weighted by molar-refractivity contribution is -0.117. The molecule has 1 aliphatic rings. The Morgan fingerprint density at radius 2 is 1.91 bits per heavy atom. The first kappa shape index (κ1) is 14.6. The molecular weight excluding hydrogens is 272 g/mol. The van der Waals surface area contributed by atoms with E-state index in [9.17, 15) is 4.79 Å². The summed E-state index contributed by atoms with van der Waals surface area (Å²) in [5.41, 5.74) is 4.62. The Kier molecular flexibility index (Phi) is 4.14. The number of benzene rings is 2. The second-order valence-electron chi connectivity index (χ2n) is 5.81. The van der Waals surface area contributed by atoms with E-state index >= 15 is 0 Å². The molecule has 1 N–H and O–H groups in total. The number of rotatable bonds is 4. The van der Waals surface area contributed by atoms with Crippen LogP contribution in [0.25, 0.3) is 0 Å². The van der Waals surface area contributed by atoms with Crippen molar-refractivity contribution in [1.29, 1.82) is 0 Å². The van der Waals surface area contributed by atoms with Crippen molar-refractivity contribution < 1.29 is 4.79 Å². The lowest BCUT2D eigenvalue weighted by atomic mass is 10.1. The first-order valence-corrected chi connectivity index (χ1v) is 7.92. The van der Waals surface area contributed by atoms with Crippen LogP contribution in [0.5, 0.6) is 0 Å². The molecule has 3 heteroatoms. The van der Waals surface area contributed by atoms with E-state index in [0.29, 0.717) is 6.54 Å². The Morgan fingerprint density at radius 1 is 1.18 bits per heavy atom. The summed E-state index contributed by atoms with van der Waals surface area (Å²) in [5.74, 6) is 0.128. The number of para-hydroxylation sites is 2. The smallest absolute Gasteiger partial charge is 0.246 e. The lowest BCUT2D eigenvalue weighted by Crippen LogP contribution is -2.39. The standard InChI is InChI=1S/C19H22N2O/c1-3-15-8-4-6-10-17(15)20-13-19(22)21-14(2)12-16-9-5-7-11-18(16)21/h4-11,14,20H,3,12-13H2,1-2H3/t14-/m1/s1. The van der Waals surface area contributed by atoms with Gasteiger partial charge in [-0.15, -0.1) is 0 Å². The number of carbonyl (C=O) groups excluding carboxylic acids is 1. The highest BCUT2D eigenvalue weighted by Crippen LogP contribution is 2.31. The third-order valence-corrected chi connectivity index (χ3v) is 4.30. The molecule has 3 rings (SSSR count). The SMILES string of the molecule is CCc1ccccc1NCC(=O)N1c2ccccc2C[C@H]1C. The van der Waals surface area contributed by atoms with Crippen molar-refractivity contribution >= 4 is 17.3 Å². The number of carbonyl (C=O) groups is 1. The second-order valence-corrected chi connectivity index (χ2v) is 5.81. The van der Waals surface area contributed by atoms with Crippen LogP contribution in [-0.4, -0.2) is 18.5 Å². The number of nitrogens with one attached hydrogen (secondary N) is 1. The van der Waals surface area contributed by atoms with Gasteiger partial charge in [-0.05, 0) is 43.0 Å². The molecule has 0 bridgehead atoms. The topological polar surface area (TPSA) is 32.3 Å². The van der Waals surface area contributed by atoms with Crippen molar-refractivity contribution in [3.05, 3.63) is 59.7 Å². The van der Waals surface area contributed by atoms with Crippen LogP contribution in [0.2, 0.25) is 0 Å². The summed E-state index contributed by atoms with van der Waals surface area (Å²) in [6.07, 6.45) is 1.90. The molecule has 0 aliphatic carbocycles. The van der Waals surface area contributed by atoms with Crippen molar-refractivity contribution in [3.63, 3.8) is 0 Å². The molecule has 1 atom stereocenters. The fourth-order valence-corrected chi connectivity index (χ4v) is 3.20. The summed E-state index contributed by atoms with van der Waals surface area (Å²) in [6.45, 7) is 4.56. The number of aryl methyl sites for hydroxylation is 1. The number of nitrogens with zero attached hydrogens (tertiary/aromatic N) is 1. The van der Waals surface area contributed by atoms with Gasteiger partial charge >= 0.3 is 0 Å². The van der Waals surface area contributed by atoms with Crippen molar-refractivity contribution in [2.24, 2.45) is 0 Å². The molecule has 0 saturated heterocycles. The average molecular weight is 294 g/mol. The van der Waals surface area contributed by atoms with Crippen LogP contribution in [0.15, 0.2) is 48.5 Å². The zero-order valence-electron chi connectivity index (χ0n) is 13.2. The van der Waals surface area contributed by atoms with Gasteiger partial charge in [0.05, 0.1) is 6.54 Å². The van der Waals surface area contributed by atoms with E-state index in [-0.39, 0.29) is 11.9 Å². The van der Waals surface area contributed by atoms with Crippen molar-refractivity contribution in [1.82, 2.24) is 0 Å². The Labute approximate surface area is 132 Å². The molecule has 0 aromatic heterocycles. The highest BCUT2D eigenvalue weighted by atomic mass is 16.2. The van der Waals surface area contributed by atoms with E-state index in [0.717, 1.165) is 24.2 Å². The summed E-state index contributed by atoms with van der Waals surface area (Å²) in [4.78, 5) is 14.6. The number of anilines is 2. The average Bonchev–Trinajstić information content (AvgIpc) is 2.88. The van der Waals surface area contributed by atoms with Crippen LogP contribution in [0, 0.1) is 0 Å². The van der Waals surface area contributed by atoms with Crippen molar-refractivity contribution in [2.45, 2.75) is 32.7 Å². The van der Waals surface area contributed by atoms with Crippen LogP contribution >= 0.6 is 0 Å². The Bertz CT molecular complexity index is 681. The van der Waals surface area contributed by atoms with E-state index in [4.69, 9.17) is 0 Å². The van der Waals surface area contributed by atoms with Crippen LogP contribution < -0.4 is 10.2 Å². The zero-order valence-corrected chi connectivity index (χ0v) is 13.2. The third-order valence-electron chi connectivity index (χ3n) is 4.30. The number of amides is 1. The molecule has 0 spiro atoms. The highest BCUT2D eigenvalue weighted by Gasteiger charge is 2.30. The molecule has 3 nitrogen and oxygen atoms in total. The molecule has 114 valence electrons. The van der Waals surface area contributed by atoms with Gasteiger partial charge in [0.25, 0.3) is 0 Å². The Balaban J connectivity index is 1.73. The molecule has 2 aromatic rings. The van der Waals surface area contributed by atoms with E-state index in [1.165, 1.54) is 11.1 Å². The molecule has 1 aliphatic heterocycles. The molecule has 0 fully saturated rings. The maximum Gasteiger partial charge on any atom is 0.246 e. The molecule has 1 heterocycles.